The number of carbonyl (C=O) groups excluding carboxylic acids is 2. The van der Waals surface area contributed by atoms with Crippen molar-refractivity contribution in [3.63, 3.8) is 0 Å². The third-order valence-corrected chi connectivity index (χ3v) is 3.07. The van der Waals surface area contributed by atoms with Crippen molar-refractivity contribution in [1.29, 1.82) is 0 Å². The average Bonchev–Trinajstić information content (AvgIpc) is 2.34. The summed E-state index contributed by atoms with van der Waals surface area (Å²) in [5, 5.41) is 0. The molecule has 0 heterocycles. The van der Waals surface area contributed by atoms with Crippen molar-refractivity contribution < 1.29 is 23.8 Å². The molecule has 0 fully saturated rings. The van der Waals surface area contributed by atoms with E-state index in [1.807, 2.05) is 13.8 Å². The second-order valence-corrected chi connectivity index (χ2v) is 6.18. The summed E-state index contributed by atoms with van der Waals surface area (Å²) >= 11 is 0. The van der Waals surface area contributed by atoms with E-state index in [0.29, 0.717) is 18.6 Å². The highest BCUT2D eigenvalue weighted by atomic mass is 16.7. The molecule has 0 aliphatic carbocycles. The van der Waals surface area contributed by atoms with Crippen molar-refractivity contribution >= 4 is 12.1 Å². The summed E-state index contributed by atoms with van der Waals surface area (Å²) in [4.78, 5) is 22.9. The summed E-state index contributed by atoms with van der Waals surface area (Å²) in [5.74, 6) is 0.193. The van der Waals surface area contributed by atoms with Crippen LogP contribution in [0.5, 0.6) is 5.75 Å². The SMILES string of the molecule is COC(=O)CCc1c(C)cc(OC(=O)OC(C)(C)C)cc1C. The average molecular weight is 308 g/mol. The van der Waals surface area contributed by atoms with Gasteiger partial charge >= 0.3 is 12.1 Å². The molecular formula is C17H24O5. The fraction of sp³-hybridized carbons (Fsp3) is 0.529. The van der Waals surface area contributed by atoms with Crippen LogP contribution in [0.25, 0.3) is 0 Å². The van der Waals surface area contributed by atoms with Crippen LogP contribution in [0.2, 0.25) is 0 Å². The van der Waals surface area contributed by atoms with E-state index in [9.17, 15) is 9.59 Å². The topological polar surface area (TPSA) is 61.8 Å². The predicted molar refractivity (Wildman–Crippen MR) is 83.1 cm³/mol. The van der Waals surface area contributed by atoms with Crippen LogP contribution >= 0.6 is 0 Å². The fourth-order valence-corrected chi connectivity index (χ4v) is 2.10. The standard InChI is InChI=1S/C17H24O5/c1-11-9-13(21-16(19)22-17(3,4)5)10-12(2)14(11)7-8-15(18)20-6/h9-10H,7-8H2,1-6H3. The molecule has 0 spiro atoms. The lowest BCUT2D eigenvalue weighted by atomic mass is 9.98. The van der Waals surface area contributed by atoms with Gasteiger partial charge in [0, 0.05) is 6.42 Å². The Bertz CT molecular complexity index is 532. The van der Waals surface area contributed by atoms with Gasteiger partial charge in [0.1, 0.15) is 11.4 Å². The van der Waals surface area contributed by atoms with Crippen molar-refractivity contribution in [1.82, 2.24) is 0 Å². The minimum atomic E-state index is -0.728. The minimum absolute atomic E-state index is 0.243. The Morgan fingerprint density at radius 2 is 1.64 bits per heavy atom. The first kappa shape index (κ1) is 18.0. The summed E-state index contributed by atoms with van der Waals surface area (Å²) in [6, 6.07) is 3.53. The molecule has 0 saturated heterocycles. The molecule has 0 saturated carbocycles. The van der Waals surface area contributed by atoms with Gasteiger partial charge in [-0.3, -0.25) is 4.79 Å². The molecule has 1 rings (SSSR count). The lowest BCUT2D eigenvalue weighted by Crippen LogP contribution is -2.26. The lowest BCUT2D eigenvalue weighted by molar-refractivity contribution is -0.140. The molecule has 0 aliphatic rings. The van der Waals surface area contributed by atoms with Gasteiger partial charge in [0.15, 0.2) is 0 Å². The molecular weight excluding hydrogens is 284 g/mol. The zero-order chi connectivity index (χ0) is 16.9. The first-order chi connectivity index (χ1) is 10.1. The number of esters is 1. The maximum Gasteiger partial charge on any atom is 0.514 e. The number of aryl methyl sites for hydroxylation is 2. The molecule has 0 radical (unpaired) electrons. The number of methoxy groups -OCH3 is 1. The van der Waals surface area contributed by atoms with E-state index in [-0.39, 0.29) is 5.97 Å². The number of hydrogen-bond donors (Lipinski definition) is 0. The third-order valence-electron chi connectivity index (χ3n) is 3.07. The molecule has 1 aromatic carbocycles. The second kappa shape index (κ2) is 7.29. The first-order valence-corrected chi connectivity index (χ1v) is 7.20. The van der Waals surface area contributed by atoms with Crippen LogP contribution in [-0.2, 0) is 20.7 Å². The summed E-state index contributed by atoms with van der Waals surface area (Å²) in [5.41, 5.74) is 2.38. The van der Waals surface area contributed by atoms with Gasteiger partial charge in [-0.05, 0) is 69.9 Å². The van der Waals surface area contributed by atoms with E-state index in [2.05, 4.69) is 4.74 Å². The van der Waals surface area contributed by atoms with E-state index < -0.39 is 11.8 Å². The van der Waals surface area contributed by atoms with Crippen LogP contribution in [0.3, 0.4) is 0 Å². The van der Waals surface area contributed by atoms with Gasteiger partial charge in [0.2, 0.25) is 0 Å². The molecule has 0 amide bonds. The van der Waals surface area contributed by atoms with Crippen molar-refractivity contribution in [3.05, 3.63) is 28.8 Å². The number of rotatable bonds is 4. The normalized spacial score (nSPS) is 11.0. The van der Waals surface area contributed by atoms with Gasteiger partial charge in [-0.2, -0.15) is 0 Å². The summed E-state index contributed by atoms with van der Waals surface area (Å²) in [7, 11) is 1.37. The summed E-state index contributed by atoms with van der Waals surface area (Å²) < 4.78 is 15.0. The molecule has 5 nitrogen and oxygen atoms in total. The molecule has 0 aliphatic heterocycles. The van der Waals surface area contributed by atoms with E-state index in [0.717, 1.165) is 16.7 Å². The molecule has 0 aromatic heterocycles. The summed E-state index contributed by atoms with van der Waals surface area (Å²) in [6.45, 7) is 9.17. The van der Waals surface area contributed by atoms with E-state index in [1.165, 1.54) is 7.11 Å². The first-order valence-electron chi connectivity index (χ1n) is 7.20. The van der Waals surface area contributed by atoms with E-state index in [1.54, 1.807) is 32.9 Å². The van der Waals surface area contributed by atoms with Gasteiger partial charge in [0.05, 0.1) is 7.11 Å². The van der Waals surface area contributed by atoms with Gasteiger partial charge < -0.3 is 14.2 Å². The van der Waals surface area contributed by atoms with Crippen molar-refractivity contribution in [2.45, 2.75) is 53.1 Å². The van der Waals surface area contributed by atoms with Crippen LogP contribution in [0.4, 0.5) is 4.79 Å². The minimum Gasteiger partial charge on any atom is -0.469 e. The zero-order valence-electron chi connectivity index (χ0n) is 14.1. The Balaban J connectivity index is 2.81. The van der Waals surface area contributed by atoms with Crippen LogP contribution in [0.1, 0.15) is 43.9 Å². The number of hydrogen-bond acceptors (Lipinski definition) is 5. The highest BCUT2D eigenvalue weighted by Crippen LogP contribution is 2.24. The van der Waals surface area contributed by atoms with Gasteiger partial charge in [-0.25, -0.2) is 4.79 Å². The predicted octanol–water partition coefficient (Wildman–Crippen LogP) is 3.72. The van der Waals surface area contributed by atoms with Crippen molar-refractivity contribution in [2.75, 3.05) is 7.11 Å². The molecule has 122 valence electrons. The van der Waals surface area contributed by atoms with Crippen molar-refractivity contribution in [2.24, 2.45) is 0 Å². The van der Waals surface area contributed by atoms with Gasteiger partial charge in [0.25, 0.3) is 0 Å². The molecule has 22 heavy (non-hydrogen) atoms. The smallest absolute Gasteiger partial charge is 0.469 e. The molecule has 1 aromatic rings. The highest BCUT2D eigenvalue weighted by molar-refractivity contribution is 5.69. The Morgan fingerprint density at radius 1 is 1.09 bits per heavy atom. The molecule has 5 heteroatoms. The van der Waals surface area contributed by atoms with Crippen LogP contribution in [0.15, 0.2) is 12.1 Å². The third kappa shape index (κ3) is 5.76. The second-order valence-electron chi connectivity index (χ2n) is 6.18. The molecule has 0 unspecified atom stereocenters. The van der Waals surface area contributed by atoms with Crippen LogP contribution < -0.4 is 4.74 Å². The molecule has 0 bridgehead atoms. The highest BCUT2D eigenvalue weighted by Gasteiger charge is 2.18. The number of carbonyl (C=O) groups is 2. The number of ether oxygens (including phenoxy) is 3. The molecule has 0 atom stereocenters. The Labute approximate surface area is 131 Å². The largest absolute Gasteiger partial charge is 0.514 e. The Kier molecular flexibility index (Phi) is 5.97. The van der Waals surface area contributed by atoms with E-state index >= 15 is 0 Å². The quantitative estimate of drug-likeness (QED) is 0.626. The number of benzene rings is 1. The monoisotopic (exact) mass is 308 g/mol. The Morgan fingerprint density at radius 3 is 2.09 bits per heavy atom. The molecule has 0 N–H and O–H groups in total. The van der Waals surface area contributed by atoms with Crippen LogP contribution in [0, 0.1) is 13.8 Å². The van der Waals surface area contributed by atoms with Gasteiger partial charge in [-0.15, -0.1) is 0 Å². The lowest BCUT2D eigenvalue weighted by Gasteiger charge is -2.19. The van der Waals surface area contributed by atoms with Gasteiger partial charge in [-0.1, -0.05) is 0 Å². The summed E-state index contributed by atoms with van der Waals surface area (Å²) in [6.07, 6.45) is 0.190. The zero-order valence-corrected chi connectivity index (χ0v) is 14.1. The fourth-order valence-electron chi connectivity index (χ4n) is 2.10. The van der Waals surface area contributed by atoms with Crippen molar-refractivity contribution in [3.8, 4) is 5.75 Å². The maximum atomic E-state index is 11.7. The van der Waals surface area contributed by atoms with Crippen LogP contribution in [-0.4, -0.2) is 24.8 Å². The van der Waals surface area contributed by atoms with E-state index in [4.69, 9.17) is 9.47 Å². The Hall–Kier alpha value is -2.04. The maximum absolute atomic E-state index is 11.7.